The Morgan fingerprint density at radius 2 is 0.980 bits per heavy atom. The molecule has 0 radical (unpaired) electrons. The monoisotopic (exact) mass is 702 g/mol. The van der Waals surface area contributed by atoms with E-state index in [2.05, 4.69) is 44.7 Å². The van der Waals surface area contributed by atoms with Crippen molar-refractivity contribution in [2.75, 3.05) is 65.7 Å². The maximum atomic E-state index is 10.9. The molecule has 2 saturated heterocycles. The molecule has 2 aliphatic rings. The van der Waals surface area contributed by atoms with Gasteiger partial charge >= 0.3 is 11.9 Å². The average Bonchev–Trinajstić information content (AvgIpc) is 3.13. The lowest BCUT2D eigenvalue weighted by Gasteiger charge is -2.26. The summed E-state index contributed by atoms with van der Waals surface area (Å²) in [5, 5.41) is 37.2. The maximum Gasteiger partial charge on any atom is 0.414 e. The number of carboxylic acid groups (broad SMARTS) is 2. The van der Waals surface area contributed by atoms with Crippen LogP contribution in [0.5, 0.6) is 11.5 Å². The van der Waals surface area contributed by atoms with Crippen molar-refractivity contribution in [1.29, 1.82) is 0 Å². The Morgan fingerprint density at radius 3 is 1.32 bits per heavy atom. The summed E-state index contributed by atoms with van der Waals surface area (Å²) < 4.78 is 11.4. The molecule has 0 aromatic heterocycles. The molecule has 0 bridgehead atoms. The minimum atomic E-state index is -1.82. The van der Waals surface area contributed by atoms with Gasteiger partial charge in [-0.05, 0) is 100 Å². The number of nitrogens with one attached hydrogen (secondary N) is 2. The summed E-state index contributed by atoms with van der Waals surface area (Å²) in [7, 11) is 0. The first-order chi connectivity index (χ1) is 24.2. The fourth-order valence-corrected chi connectivity index (χ4v) is 5.31. The smallest absolute Gasteiger partial charge is 0.414 e. The zero-order valence-electron chi connectivity index (χ0n) is 28.9. The van der Waals surface area contributed by atoms with Crippen molar-refractivity contribution >= 4 is 23.8 Å². The lowest BCUT2D eigenvalue weighted by molar-refractivity contribution is -0.159. The standard InChI is InChI=1S/2C17H26N2O3.C2H2O4/c2*20-14-17(21)18-8-5-11-22-16-7-4-6-15(12-16)13-19-9-2-1-3-10-19;3-1(4)2(5)6/h2*4,6-7,12,20H,1-3,5,8-11,13-14H2,(H,18,21);(H,3,4)(H,5,6). The molecular formula is C36H54N4O10. The topological polar surface area (TPSA) is 198 Å². The maximum absolute atomic E-state index is 10.9. The van der Waals surface area contributed by atoms with E-state index in [1.54, 1.807) is 0 Å². The molecule has 14 heteroatoms. The number of likely N-dealkylation sites (tertiary alicyclic amines) is 2. The molecule has 6 N–H and O–H groups in total. The number of aliphatic hydroxyl groups excluding tert-OH is 2. The van der Waals surface area contributed by atoms with Crippen molar-refractivity contribution in [3.63, 3.8) is 0 Å². The van der Waals surface area contributed by atoms with Gasteiger partial charge in [0.2, 0.25) is 11.8 Å². The number of nitrogens with zero attached hydrogens (tertiary/aromatic N) is 2. The number of carbonyl (C=O) groups excluding carboxylic acids is 2. The highest BCUT2D eigenvalue weighted by atomic mass is 16.5. The molecule has 2 aromatic rings. The molecule has 2 aromatic carbocycles. The van der Waals surface area contributed by atoms with Crippen LogP contribution in [0.4, 0.5) is 0 Å². The normalized spacial score (nSPS) is 14.5. The van der Waals surface area contributed by atoms with Gasteiger partial charge < -0.3 is 40.5 Å². The summed E-state index contributed by atoms with van der Waals surface area (Å²) in [6.07, 6.45) is 9.36. The lowest BCUT2D eigenvalue weighted by atomic mass is 10.1. The van der Waals surface area contributed by atoms with Crippen molar-refractivity contribution in [1.82, 2.24) is 20.4 Å². The second-order valence-corrected chi connectivity index (χ2v) is 12.0. The Morgan fingerprint density at radius 1 is 0.600 bits per heavy atom. The fourth-order valence-electron chi connectivity index (χ4n) is 5.31. The number of hydrogen-bond acceptors (Lipinski definition) is 10. The third-order valence-electron chi connectivity index (χ3n) is 7.80. The fraction of sp³-hybridized carbons (Fsp3) is 0.556. The number of aliphatic carboxylic acids is 2. The largest absolute Gasteiger partial charge is 0.494 e. The summed E-state index contributed by atoms with van der Waals surface area (Å²) in [5.74, 6) is -2.58. The SMILES string of the molecule is O=C(CO)NCCCOc1cccc(CN2CCCCC2)c1.O=C(CO)NCCCOc1cccc(CN2CCCCC2)c1.O=C(O)C(=O)O. The second kappa shape index (κ2) is 25.7. The number of piperidine rings is 2. The van der Waals surface area contributed by atoms with Crippen molar-refractivity contribution in [2.45, 2.75) is 64.5 Å². The van der Waals surface area contributed by atoms with Crippen LogP contribution in [0.2, 0.25) is 0 Å². The van der Waals surface area contributed by atoms with Gasteiger partial charge in [-0.15, -0.1) is 0 Å². The predicted octanol–water partition coefficient (Wildman–Crippen LogP) is 2.26. The quantitative estimate of drug-likeness (QED) is 0.110. The van der Waals surface area contributed by atoms with Crippen molar-refractivity contribution in [2.24, 2.45) is 0 Å². The first-order valence-electron chi connectivity index (χ1n) is 17.3. The first kappa shape index (κ1) is 41.9. The Balaban J connectivity index is 0.000000299. The molecule has 0 spiro atoms. The van der Waals surface area contributed by atoms with Crippen LogP contribution in [0, 0.1) is 0 Å². The van der Waals surface area contributed by atoms with Gasteiger partial charge in [0.05, 0.1) is 13.2 Å². The van der Waals surface area contributed by atoms with Gasteiger partial charge in [0.25, 0.3) is 0 Å². The molecule has 2 fully saturated rings. The summed E-state index contributed by atoms with van der Waals surface area (Å²) in [4.78, 5) is 44.9. The highest BCUT2D eigenvalue weighted by Crippen LogP contribution is 2.19. The molecule has 0 saturated carbocycles. The van der Waals surface area contributed by atoms with Crippen LogP contribution in [-0.2, 0) is 32.3 Å². The number of benzene rings is 2. The third-order valence-corrected chi connectivity index (χ3v) is 7.80. The zero-order valence-corrected chi connectivity index (χ0v) is 28.9. The Bertz CT molecular complexity index is 1190. The van der Waals surface area contributed by atoms with Crippen LogP contribution in [0.3, 0.4) is 0 Å². The molecule has 14 nitrogen and oxygen atoms in total. The summed E-state index contributed by atoms with van der Waals surface area (Å²) in [6, 6.07) is 16.5. The second-order valence-electron chi connectivity index (χ2n) is 12.0. The van der Waals surface area contributed by atoms with Gasteiger partial charge in [-0.2, -0.15) is 0 Å². The number of rotatable bonds is 16. The molecular weight excluding hydrogens is 648 g/mol. The molecule has 0 atom stereocenters. The van der Waals surface area contributed by atoms with Gasteiger partial charge in [-0.25, -0.2) is 9.59 Å². The Kier molecular flexibility index (Phi) is 21.5. The summed E-state index contributed by atoms with van der Waals surface area (Å²) in [5.41, 5.74) is 2.57. The minimum Gasteiger partial charge on any atom is -0.494 e. The summed E-state index contributed by atoms with van der Waals surface area (Å²) >= 11 is 0. The lowest BCUT2D eigenvalue weighted by Crippen LogP contribution is -2.29. The molecule has 0 unspecified atom stereocenters. The van der Waals surface area contributed by atoms with E-state index in [1.807, 2.05) is 24.3 Å². The van der Waals surface area contributed by atoms with Gasteiger partial charge in [0.15, 0.2) is 0 Å². The number of aliphatic hydroxyl groups is 2. The van der Waals surface area contributed by atoms with E-state index >= 15 is 0 Å². The Hall–Kier alpha value is -4.24. The van der Waals surface area contributed by atoms with Crippen LogP contribution >= 0.6 is 0 Å². The first-order valence-corrected chi connectivity index (χ1v) is 17.3. The van der Waals surface area contributed by atoms with Crippen LogP contribution in [0.15, 0.2) is 48.5 Å². The van der Waals surface area contributed by atoms with Crippen molar-refractivity contribution in [3.05, 3.63) is 59.7 Å². The van der Waals surface area contributed by atoms with E-state index in [4.69, 9.17) is 39.5 Å². The van der Waals surface area contributed by atoms with Crippen LogP contribution < -0.4 is 20.1 Å². The van der Waals surface area contributed by atoms with E-state index < -0.39 is 25.2 Å². The number of hydrogen-bond donors (Lipinski definition) is 6. The molecule has 278 valence electrons. The molecule has 2 heterocycles. The van der Waals surface area contributed by atoms with E-state index in [0.717, 1.165) is 37.4 Å². The zero-order chi connectivity index (χ0) is 36.4. The minimum absolute atomic E-state index is 0.344. The number of ether oxygens (including phenoxy) is 2. The molecule has 50 heavy (non-hydrogen) atoms. The van der Waals surface area contributed by atoms with E-state index in [0.29, 0.717) is 26.3 Å². The van der Waals surface area contributed by atoms with E-state index in [9.17, 15) is 9.59 Å². The number of carbonyl (C=O) groups is 4. The highest BCUT2D eigenvalue weighted by molar-refractivity contribution is 6.27. The van der Waals surface area contributed by atoms with Crippen molar-refractivity contribution < 1.29 is 49.1 Å². The van der Waals surface area contributed by atoms with Crippen LogP contribution in [-0.4, -0.2) is 120 Å². The van der Waals surface area contributed by atoms with Gasteiger partial charge in [0.1, 0.15) is 24.7 Å². The van der Waals surface area contributed by atoms with Gasteiger partial charge in [0, 0.05) is 26.2 Å². The summed E-state index contributed by atoms with van der Waals surface area (Å²) in [6.45, 7) is 7.97. The molecule has 0 aliphatic carbocycles. The van der Waals surface area contributed by atoms with Gasteiger partial charge in [-0.3, -0.25) is 19.4 Å². The van der Waals surface area contributed by atoms with Crippen molar-refractivity contribution in [3.8, 4) is 11.5 Å². The van der Waals surface area contributed by atoms with Crippen LogP contribution in [0.1, 0.15) is 62.5 Å². The molecule has 2 aliphatic heterocycles. The van der Waals surface area contributed by atoms with E-state index in [-0.39, 0.29) is 11.8 Å². The highest BCUT2D eigenvalue weighted by Gasteiger charge is 2.12. The van der Waals surface area contributed by atoms with E-state index in [1.165, 1.54) is 75.8 Å². The Labute approximate surface area is 294 Å². The average molecular weight is 703 g/mol. The predicted molar refractivity (Wildman–Crippen MR) is 187 cm³/mol. The molecule has 2 amide bonds. The number of carboxylic acids is 2. The number of amides is 2. The van der Waals surface area contributed by atoms with Crippen LogP contribution in [0.25, 0.3) is 0 Å². The molecule has 4 rings (SSSR count). The van der Waals surface area contributed by atoms with Gasteiger partial charge in [-0.1, -0.05) is 37.1 Å². The third kappa shape index (κ3) is 19.7.